The number of nitrogens with one attached hydrogen (secondary N) is 1. The van der Waals surface area contributed by atoms with Crippen LogP contribution in [0.15, 0.2) is 29.2 Å². The minimum atomic E-state index is -3.43. The third kappa shape index (κ3) is 4.63. The Morgan fingerprint density at radius 2 is 2.06 bits per heavy atom. The van der Waals surface area contributed by atoms with Gasteiger partial charge in [-0.1, -0.05) is 19.1 Å². The van der Waals surface area contributed by atoms with E-state index in [9.17, 15) is 8.42 Å². The Kier molecular flexibility index (Phi) is 6.70. The first-order valence-corrected chi connectivity index (χ1v) is 6.79. The molecule has 0 aliphatic rings. The summed E-state index contributed by atoms with van der Waals surface area (Å²) < 4.78 is 26.3. The average Bonchev–Trinajstić information content (AvgIpc) is 2.28. The third-order valence-corrected chi connectivity index (χ3v) is 3.91. The molecule has 0 amide bonds. The van der Waals surface area contributed by atoms with Gasteiger partial charge in [0, 0.05) is 12.6 Å². The molecular formula is C11H19ClN2O2S. The molecule has 6 heteroatoms. The SMILES string of the molecule is CCc1cccc(S(=O)(=O)N[C@@H](C)CN)c1.Cl. The molecule has 1 aromatic rings. The molecule has 98 valence electrons. The van der Waals surface area contributed by atoms with Gasteiger partial charge in [-0.05, 0) is 31.0 Å². The van der Waals surface area contributed by atoms with Crippen molar-refractivity contribution in [2.75, 3.05) is 6.54 Å². The highest BCUT2D eigenvalue weighted by atomic mass is 35.5. The second kappa shape index (κ2) is 6.96. The van der Waals surface area contributed by atoms with Gasteiger partial charge >= 0.3 is 0 Å². The summed E-state index contributed by atoms with van der Waals surface area (Å²) in [5.74, 6) is 0. The minimum absolute atomic E-state index is 0. The molecule has 0 radical (unpaired) electrons. The van der Waals surface area contributed by atoms with Crippen molar-refractivity contribution in [1.29, 1.82) is 0 Å². The highest BCUT2D eigenvalue weighted by molar-refractivity contribution is 7.89. The molecule has 0 unspecified atom stereocenters. The summed E-state index contributed by atoms with van der Waals surface area (Å²) in [4.78, 5) is 0.298. The fraction of sp³-hybridized carbons (Fsp3) is 0.455. The van der Waals surface area contributed by atoms with E-state index in [2.05, 4.69) is 4.72 Å². The molecule has 0 fully saturated rings. The number of benzene rings is 1. The fourth-order valence-electron chi connectivity index (χ4n) is 1.31. The summed E-state index contributed by atoms with van der Waals surface area (Å²) in [6.07, 6.45) is 0.815. The summed E-state index contributed by atoms with van der Waals surface area (Å²) in [5, 5.41) is 0. The molecule has 0 saturated heterocycles. The van der Waals surface area contributed by atoms with E-state index in [0.29, 0.717) is 4.90 Å². The van der Waals surface area contributed by atoms with E-state index < -0.39 is 10.0 Å². The average molecular weight is 279 g/mol. The molecule has 17 heavy (non-hydrogen) atoms. The maximum atomic E-state index is 11.9. The number of rotatable bonds is 5. The Morgan fingerprint density at radius 1 is 1.41 bits per heavy atom. The predicted octanol–water partition coefficient (Wildman–Crippen LogP) is 1.30. The topological polar surface area (TPSA) is 72.2 Å². The van der Waals surface area contributed by atoms with E-state index >= 15 is 0 Å². The molecule has 0 spiro atoms. The zero-order chi connectivity index (χ0) is 12.2. The van der Waals surface area contributed by atoms with Crippen molar-refractivity contribution in [1.82, 2.24) is 4.72 Å². The van der Waals surface area contributed by atoms with E-state index in [0.717, 1.165) is 12.0 Å². The standard InChI is InChI=1S/C11H18N2O2S.ClH/c1-3-10-5-4-6-11(7-10)16(14,15)13-9(2)8-12;/h4-7,9,13H,3,8,12H2,1-2H3;1H/t9-;/m0./s1. The lowest BCUT2D eigenvalue weighted by atomic mass is 10.2. The molecule has 3 N–H and O–H groups in total. The highest BCUT2D eigenvalue weighted by Gasteiger charge is 2.16. The maximum absolute atomic E-state index is 11.9. The van der Waals surface area contributed by atoms with Gasteiger partial charge in [0.2, 0.25) is 10.0 Å². The van der Waals surface area contributed by atoms with Crippen molar-refractivity contribution >= 4 is 22.4 Å². The van der Waals surface area contributed by atoms with Crippen LogP contribution in [0.25, 0.3) is 0 Å². The molecular weight excluding hydrogens is 260 g/mol. The molecule has 1 rings (SSSR count). The number of hydrogen-bond donors (Lipinski definition) is 2. The van der Waals surface area contributed by atoms with Crippen molar-refractivity contribution in [3.63, 3.8) is 0 Å². The fourth-order valence-corrected chi connectivity index (χ4v) is 2.64. The Labute approximate surface area is 109 Å². The van der Waals surface area contributed by atoms with Crippen LogP contribution in [0.4, 0.5) is 0 Å². The molecule has 0 bridgehead atoms. The summed E-state index contributed by atoms with van der Waals surface area (Å²) in [6.45, 7) is 4.01. The normalized spacial score (nSPS) is 12.9. The first kappa shape index (κ1) is 16.4. The van der Waals surface area contributed by atoms with Gasteiger partial charge in [0.05, 0.1) is 4.90 Å². The lowest BCUT2D eigenvalue weighted by Crippen LogP contribution is -2.37. The molecule has 0 aromatic heterocycles. The van der Waals surface area contributed by atoms with E-state index in [1.54, 1.807) is 25.1 Å². The second-order valence-corrected chi connectivity index (χ2v) is 5.47. The van der Waals surface area contributed by atoms with Gasteiger partial charge in [0.1, 0.15) is 0 Å². The largest absolute Gasteiger partial charge is 0.329 e. The van der Waals surface area contributed by atoms with Gasteiger partial charge in [-0.15, -0.1) is 12.4 Å². The van der Waals surface area contributed by atoms with Crippen LogP contribution < -0.4 is 10.5 Å². The highest BCUT2D eigenvalue weighted by Crippen LogP contribution is 2.12. The molecule has 0 aliphatic heterocycles. The molecule has 0 aliphatic carbocycles. The number of sulfonamides is 1. The van der Waals surface area contributed by atoms with Crippen LogP contribution in [0, 0.1) is 0 Å². The Morgan fingerprint density at radius 3 is 2.59 bits per heavy atom. The van der Waals surface area contributed by atoms with Crippen LogP contribution in [0.1, 0.15) is 19.4 Å². The van der Waals surface area contributed by atoms with Gasteiger partial charge < -0.3 is 5.73 Å². The number of halogens is 1. The predicted molar refractivity (Wildman–Crippen MR) is 71.9 cm³/mol. The van der Waals surface area contributed by atoms with Crippen molar-refractivity contribution in [3.8, 4) is 0 Å². The summed E-state index contributed by atoms with van der Waals surface area (Å²) in [6, 6.07) is 6.68. The maximum Gasteiger partial charge on any atom is 0.240 e. The minimum Gasteiger partial charge on any atom is -0.329 e. The Hall–Kier alpha value is -0.620. The lowest BCUT2D eigenvalue weighted by molar-refractivity contribution is 0.562. The van der Waals surface area contributed by atoms with Crippen molar-refractivity contribution in [2.45, 2.75) is 31.2 Å². The van der Waals surface area contributed by atoms with Gasteiger partial charge in [-0.25, -0.2) is 13.1 Å². The molecule has 0 heterocycles. The number of hydrogen-bond acceptors (Lipinski definition) is 3. The third-order valence-electron chi connectivity index (χ3n) is 2.33. The van der Waals surface area contributed by atoms with Crippen LogP contribution in [0.2, 0.25) is 0 Å². The van der Waals surface area contributed by atoms with E-state index in [1.165, 1.54) is 0 Å². The molecule has 0 saturated carbocycles. The summed E-state index contributed by atoms with van der Waals surface area (Å²) in [5.41, 5.74) is 6.39. The van der Waals surface area contributed by atoms with Crippen LogP contribution in [-0.4, -0.2) is 21.0 Å². The van der Waals surface area contributed by atoms with Gasteiger partial charge in [-0.3, -0.25) is 0 Å². The number of aryl methyl sites for hydroxylation is 1. The Bertz CT molecular complexity index is 449. The first-order chi connectivity index (χ1) is 7.49. The van der Waals surface area contributed by atoms with Crippen molar-refractivity contribution in [3.05, 3.63) is 29.8 Å². The van der Waals surface area contributed by atoms with Gasteiger partial charge in [-0.2, -0.15) is 0 Å². The zero-order valence-corrected chi connectivity index (χ0v) is 11.6. The lowest BCUT2D eigenvalue weighted by Gasteiger charge is -2.12. The van der Waals surface area contributed by atoms with E-state index in [4.69, 9.17) is 5.73 Å². The molecule has 4 nitrogen and oxygen atoms in total. The summed E-state index contributed by atoms with van der Waals surface area (Å²) >= 11 is 0. The molecule has 1 atom stereocenters. The van der Waals surface area contributed by atoms with Crippen molar-refractivity contribution < 1.29 is 8.42 Å². The van der Waals surface area contributed by atoms with E-state index in [1.807, 2.05) is 13.0 Å². The quantitative estimate of drug-likeness (QED) is 0.853. The second-order valence-electron chi connectivity index (χ2n) is 3.76. The zero-order valence-electron chi connectivity index (χ0n) is 10.0. The van der Waals surface area contributed by atoms with Gasteiger partial charge in [0.25, 0.3) is 0 Å². The van der Waals surface area contributed by atoms with E-state index in [-0.39, 0.29) is 25.0 Å². The smallest absolute Gasteiger partial charge is 0.240 e. The van der Waals surface area contributed by atoms with Crippen LogP contribution in [0.5, 0.6) is 0 Å². The van der Waals surface area contributed by atoms with Crippen LogP contribution >= 0.6 is 12.4 Å². The first-order valence-electron chi connectivity index (χ1n) is 5.31. The Balaban J connectivity index is 0.00000256. The van der Waals surface area contributed by atoms with Crippen LogP contribution in [-0.2, 0) is 16.4 Å². The van der Waals surface area contributed by atoms with Crippen molar-refractivity contribution in [2.24, 2.45) is 5.73 Å². The monoisotopic (exact) mass is 278 g/mol. The number of nitrogens with two attached hydrogens (primary N) is 1. The van der Waals surface area contributed by atoms with Gasteiger partial charge in [0.15, 0.2) is 0 Å². The van der Waals surface area contributed by atoms with Crippen LogP contribution in [0.3, 0.4) is 0 Å². The summed E-state index contributed by atoms with van der Waals surface area (Å²) in [7, 11) is -3.43. The molecule has 1 aromatic carbocycles.